The molecule has 3 amide bonds. The van der Waals surface area contributed by atoms with Crippen molar-refractivity contribution in [1.82, 2.24) is 15.5 Å². The Labute approximate surface area is 201 Å². The van der Waals surface area contributed by atoms with Gasteiger partial charge in [0.05, 0.1) is 0 Å². The van der Waals surface area contributed by atoms with Crippen LogP contribution >= 0.6 is 0 Å². The molecule has 0 aliphatic rings. The molecule has 1 atom stereocenters. The SMILES string of the molecule is CC(C)(C)OC(=O)NCC(=O)N(C(C(=O)NCc1ccccc1)c1ccc(O)cc1)C(C)(C)C. The van der Waals surface area contributed by atoms with E-state index in [2.05, 4.69) is 10.6 Å². The molecule has 0 bridgehead atoms. The highest BCUT2D eigenvalue weighted by molar-refractivity contribution is 5.91. The fourth-order valence-electron chi connectivity index (χ4n) is 3.41. The van der Waals surface area contributed by atoms with Crippen molar-refractivity contribution < 1.29 is 24.2 Å². The van der Waals surface area contributed by atoms with Gasteiger partial charge in [-0.2, -0.15) is 0 Å². The van der Waals surface area contributed by atoms with E-state index in [0.29, 0.717) is 5.56 Å². The van der Waals surface area contributed by atoms with Crippen LogP contribution in [0.1, 0.15) is 58.7 Å². The highest BCUT2D eigenvalue weighted by atomic mass is 16.6. The fraction of sp³-hybridized carbons (Fsp3) is 0.423. The van der Waals surface area contributed by atoms with E-state index in [1.54, 1.807) is 32.9 Å². The number of amides is 3. The quantitative estimate of drug-likeness (QED) is 0.570. The number of ether oxygens (including phenoxy) is 1. The molecule has 34 heavy (non-hydrogen) atoms. The zero-order chi connectivity index (χ0) is 25.5. The van der Waals surface area contributed by atoms with E-state index in [-0.39, 0.29) is 24.7 Å². The van der Waals surface area contributed by atoms with Gasteiger partial charge in [0.2, 0.25) is 11.8 Å². The Kier molecular flexibility index (Phi) is 8.68. The summed E-state index contributed by atoms with van der Waals surface area (Å²) in [7, 11) is 0. The lowest BCUT2D eigenvalue weighted by Crippen LogP contribution is -2.55. The Morgan fingerprint density at radius 3 is 2.03 bits per heavy atom. The van der Waals surface area contributed by atoms with Gasteiger partial charge in [-0.05, 0) is 64.8 Å². The first-order valence-corrected chi connectivity index (χ1v) is 11.2. The summed E-state index contributed by atoms with van der Waals surface area (Å²) in [4.78, 5) is 40.3. The lowest BCUT2D eigenvalue weighted by molar-refractivity contribution is -0.146. The maximum Gasteiger partial charge on any atom is 0.408 e. The molecule has 0 saturated carbocycles. The van der Waals surface area contributed by atoms with Gasteiger partial charge >= 0.3 is 6.09 Å². The number of carbonyl (C=O) groups excluding carboxylic acids is 3. The van der Waals surface area contributed by atoms with Crippen LogP contribution in [0.3, 0.4) is 0 Å². The van der Waals surface area contributed by atoms with Crippen LogP contribution in [-0.4, -0.2) is 45.6 Å². The lowest BCUT2D eigenvalue weighted by atomic mass is 9.96. The van der Waals surface area contributed by atoms with Gasteiger partial charge in [-0.3, -0.25) is 9.59 Å². The number of phenolic OH excluding ortho intramolecular Hbond substituents is 1. The Hall–Kier alpha value is -3.55. The summed E-state index contributed by atoms with van der Waals surface area (Å²) in [6.45, 7) is 10.6. The number of rotatable bonds is 7. The van der Waals surface area contributed by atoms with E-state index in [1.165, 1.54) is 17.0 Å². The van der Waals surface area contributed by atoms with Crippen LogP contribution in [0.4, 0.5) is 4.79 Å². The maximum absolute atomic E-state index is 13.4. The monoisotopic (exact) mass is 469 g/mol. The molecular formula is C26H35N3O5. The minimum Gasteiger partial charge on any atom is -0.508 e. The molecule has 0 spiro atoms. The van der Waals surface area contributed by atoms with Crippen LogP contribution < -0.4 is 10.6 Å². The van der Waals surface area contributed by atoms with Crippen molar-refractivity contribution in [1.29, 1.82) is 0 Å². The van der Waals surface area contributed by atoms with Gasteiger partial charge in [-0.15, -0.1) is 0 Å². The smallest absolute Gasteiger partial charge is 0.408 e. The molecular weight excluding hydrogens is 434 g/mol. The summed E-state index contributed by atoms with van der Waals surface area (Å²) in [5.74, 6) is -0.784. The van der Waals surface area contributed by atoms with Crippen molar-refractivity contribution >= 4 is 17.9 Å². The summed E-state index contributed by atoms with van der Waals surface area (Å²) in [5, 5.41) is 15.1. The molecule has 8 nitrogen and oxygen atoms in total. The highest BCUT2D eigenvalue weighted by Crippen LogP contribution is 2.30. The molecule has 184 valence electrons. The van der Waals surface area contributed by atoms with Crippen LogP contribution in [-0.2, 0) is 20.9 Å². The van der Waals surface area contributed by atoms with Gasteiger partial charge in [-0.1, -0.05) is 42.5 Å². The molecule has 0 heterocycles. The number of benzene rings is 2. The molecule has 2 aromatic carbocycles. The second-order valence-electron chi connectivity index (χ2n) is 9.99. The van der Waals surface area contributed by atoms with E-state index in [0.717, 1.165) is 5.56 Å². The molecule has 0 saturated heterocycles. The number of nitrogens with zero attached hydrogens (tertiary/aromatic N) is 1. The summed E-state index contributed by atoms with van der Waals surface area (Å²) < 4.78 is 5.22. The van der Waals surface area contributed by atoms with Gasteiger partial charge in [0.25, 0.3) is 0 Å². The number of phenols is 1. The summed E-state index contributed by atoms with van der Waals surface area (Å²) in [6, 6.07) is 14.6. The van der Waals surface area contributed by atoms with E-state index in [9.17, 15) is 19.5 Å². The molecule has 0 fully saturated rings. The molecule has 2 rings (SSSR count). The first-order chi connectivity index (χ1) is 15.8. The number of carbonyl (C=O) groups is 3. The Morgan fingerprint density at radius 2 is 1.50 bits per heavy atom. The first-order valence-electron chi connectivity index (χ1n) is 11.2. The van der Waals surface area contributed by atoms with Crippen molar-refractivity contribution in [3.05, 3.63) is 65.7 Å². The number of hydrogen-bond donors (Lipinski definition) is 3. The molecule has 1 unspecified atom stereocenters. The van der Waals surface area contributed by atoms with Crippen LogP contribution in [0.15, 0.2) is 54.6 Å². The van der Waals surface area contributed by atoms with Gasteiger partial charge in [0.15, 0.2) is 0 Å². The van der Waals surface area contributed by atoms with E-state index >= 15 is 0 Å². The van der Waals surface area contributed by atoms with Crippen molar-refractivity contribution in [2.24, 2.45) is 0 Å². The molecule has 8 heteroatoms. The number of aromatic hydroxyl groups is 1. The Balaban J connectivity index is 2.32. The van der Waals surface area contributed by atoms with Crippen molar-refractivity contribution in [2.75, 3.05) is 6.54 Å². The molecule has 3 N–H and O–H groups in total. The zero-order valence-corrected chi connectivity index (χ0v) is 20.7. The van der Waals surface area contributed by atoms with Crippen molar-refractivity contribution in [3.8, 4) is 5.75 Å². The first kappa shape index (κ1) is 26.7. The number of nitrogens with one attached hydrogen (secondary N) is 2. The lowest BCUT2D eigenvalue weighted by Gasteiger charge is -2.41. The van der Waals surface area contributed by atoms with Crippen molar-refractivity contribution in [2.45, 2.75) is 65.3 Å². The fourth-order valence-corrected chi connectivity index (χ4v) is 3.41. The summed E-state index contributed by atoms with van der Waals surface area (Å²) >= 11 is 0. The summed E-state index contributed by atoms with van der Waals surface area (Å²) in [5.41, 5.74) is -0.0216. The largest absolute Gasteiger partial charge is 0.508 e. The predicted molar refractivity (Wildman–Crippen MR) is 130 cm³/mol. The molecule has 0 radical (unpaired) electrons. The minimum absolute atomic E-state index is 0.0485. The zero-order valence-electron chi connectivity index (χ0n) is 20.7. The minimum atomic E-state index is -0.989. The third-order valence-corrected chi connectivity index (χ3v) is 4.80. The third kappa shape index (κ3) is 8.10. The van der Waals surface area contributed by atoms with Gasteiger partial charge < -0.3 is 25.4 Å². The van der Waals surface area contributed by atoms with Gasteiger partial charge in [0, 0.05) is 12.1 Å². The van der Waals surface area contributed by atoms with Gasteiger partial charge in [0.1, 0.15) is 23.9 Å². The summed E-state index contributed by atoms with van der Waals surface area (Å²) in [6.07, 6.45) is -0.718. The Morgan fingerprint density at radius 1 is 0.912 bits per heavy atom. The highest BCUT2D eigenvalue weighted by Gasteiger charge is 2.38. The maximum atomic E-state index is 13.4. The average molecular weight is 470 g/mol. The topological polar surface area (TPSA) is 108 Å². The van der Waals surface area contributed by atoms with Crippen LogP contribution in [0, 0.1) is 0 Å². The van der Waals surface area contributed by atoms with E-state index in [1.807, 2.05) is 51.1 Å². The van der Waals surface area contributed by atoms with E-state index in [4.69, 9.17) is 4.74 Å². The van der Waals surface area contributed by atoms with Crippen LogP contribution in [0.2, 0.25) is 0 Å². The van der Waals surface area contributed by atoms with Crippen LogP contribution in [0.5, 0.6) is 5.75 Å². The average Bonchev–Trinajstić information content (AvgIpc) is 2.73. The molecule has 0 aliphatic carbocycles. The number of alkyl carbamates (subject to hydrolysis) is 1. The number of hydrogen-bond acceptors (Lipinski definition) is 5. The van der Waals surface area contributed by atoms with Crippen LogP contribution in [0.25, 0.3) is 0 Å². The standard InChI is InChI=1S/C26H35N3O5/c1-25(2,3)29(21(31)17-28-24(33)34-26(4,5)6)22(19-12-14-20(30)15-13-19)23(32)27-16-18-10-8-7-9-11-18/h7-15,22,30H,16-17H2,1-6H3,(H,27,32)(H,28,33). The second kappa shape index (κ2) is 11.0. The normalized spacial score (nSPS) is 12.4. The second-order valence-corrected chi connectivity index (χ2v) is 9.99. The molecule has 0 aliphatic heterocycles. The molecule has 0 aromatic heterocycles. The molecule has 2 aromatic rings. The van der Waals surface area contributed by atoms with E-state index < -0.39 is 29.2 Å². The third-order valence-electron chi connectivity index (χ3n) is 4.80. The predicted octanol–water partition coefficient (Wildman–Crippen LogP) is 3.90. The Bertz CT molecular complexity index is 976. The van der Waals surface area contributed by atoms with Crippen molar-refractivity contribution in [3.63, 3.8) is 0 Å². The van der Waals surface area contributed by atoms with Gasteiger partial charge in [-0.25, -0.2) is 4.79 Å².